The molecule has 0 aliphatic carbocycles. The first-order valence-corrected chi connectivity index (χ1v) is 9.80. The fraction of sp³-hybridized carbons (Fsp3) is 0.417. The van der Waals surface area contributed by atoms with E-state index in [0.717, 1.165) is 12.0 Å². The van der Waals surface area contributed by atoms with Gasteiger partial charge in [0.1, 0.15) is 0 Å². The minimum atomic E-state index is -0.0762. The molecule has 2 amide bonds. The smallest absolute Gasteiger partial charge is 0.251 e. The lowest BCUT2D eigenvalue weighted by molar-refractivity contribution is -0.119. The third kappa shape index (κ3) is 5.95. The summed E-state index contributed by atoms with van der Waals surface area (Å²) < 4.78 is 0. The quantitative estimate of drug-likeness (QED) is 0.789. The van der Waals surface area contributed by atoms with Gasteiger partial charge in [-0.1, -0.05) is 45.0 Å². The second kappa shape index (κ2) is 9.05. The van der Waals surface area contributed by atoms with Crippen molar-refractivity contribution in [2.75, 3.05) is 6.54 Å². The van der Waals surface area contributed by atoms with Gasteiger partial charge in [-0.25, -0.2) is 0 Å². The van der Waals surface area contributed by atoms with Crippen LogP contribution >= 0.6 is 0 Å². The molecule has 0 radical (unpaired) electrons. The summed E-state index contributed by atoms with van der Waals surface area (Å²) in [5.41, 5.74) is 6.94. The predicted molar refractivity (Wildman–Crippen MR) is 115 cm³/mol. The molecule has 4 heteroatoms. The van der Waals surface area contributed by atoms with E-state index in [1.807, 2.05) is 12.1 Å². The summed E-state index contributed by atoms with van der Waals surface area (Å²) in [5, 5.41) is 5.75. The number of hydrogen-bond donors (Lipinski definition) is 2. The van der Waals surface area contributed by atoms with Gasteiger partial charge in [0.15, 0.2) is 0 Å². The Morgan fingerprint density at radius 3 is 2.00 bits per heavy atom. The van der Waals surface area contributed by atoms with E-state index in [-0.39, 0.29) is 17.2 Å². The highest BCUT2D eigenvalue weighted by Gasteiger charge is 2.16. The van der Waals surface area contributed by atoms with E-state index in [1.54, 1.807) is 12.1 Å². The van der Waals surface area contributed by atoms with E-state index in [1.165, 1.54) is 29.2 Å². The minimum Gasteiger partial charge on any atom is -0.352 e. The van der Waals surface area contributed by atoms with Crippen molar-refractivity contribution in [1.82, 2.24) is 10.6 Å². The largest absolute Gasteiger partial charge is 0.352 e. The van der Waals surface area contributed by atoms with Crippen LogP contribution in [0, 0.1) is 13.8 Å². The van der Waals surface area contributed by atoms with Crippen LogP contribution in [0.1, 0.15) is 65.9 Å². The third-order valence-corrected chi connectivity index (χ3v) is 4.98. The molecule has 2 aromatic carbocycles. The molecule has 2 rings (SSSR count). The summed E-state index contributed by atoms with van der Waals surface area (Å²) in [6.45, 7) is 13.5. The van der Waals surface area contributed by atoms with Crippen molar-refractivity contribution in [2.24, 2.45) is 0 Å². The van der Waals surface area contributed by atoms with Gasteiger partial charge in [0, 0.05) is 25.6 Å². The van der Waals surface area contributed by atoms with E-state index in [2.05, 4.69) is 57.4 Å². The molecule has 0 saturated heterocycles. The summed E-state index contributed by atoms with van der Waals surface area (Å²) in [4.78, 5) is 23.4. The van der Waals surface area contributed by atoms with E-state index in [9.17, 15) is 9.59 Å². The summed E-state index contributed by atoms with van der Waals surface area (Å²) in [7, 11) is 0. The highest BCUT2D eigenvalue weighted by Crippen LogP contribution is 2.27. The molecule has 0 heterocycles. The molecule has 0 aliphatic heterocycles. The Bertz CT molecular complexity index is 823. The molecule has 0 spiro atoms. The molecule has 150 valence electrons. The first-order valence-electron chi connectivity index (χ1n) is 9.80. The lowest BCUT2D eigenvalue weighted by atomic mass is 9.83. The van der Waals surface area contributed by atoms with Crippen LogP contribution in [0.15, 0.2) is 36.4 Å². The van der Waals surface area contributed by atoms with Crippen molar-refractivity contribution < 1.29 is 9.59 Å². The first kappa shape index (κ1) is 21.7. The maximum atomic E-state index is 12.4. The molecule has 0 fully saturated rings. The molecule has 2 aromatic rings. The highest BCUT2D eigenvalue weighted by molar-refractivity contribution is 5.94. The molecular weight excluding hydrogens is 348 g/mol. The van der Waals surface area contributed by atoms with Crippen LogP contribution in [0.2, 0.25) is 0 Å². The summed E-state index contributed by atoms with van der Waals surface area (Å²) >= 11 is 0. The molecule has 0 aliphatic rings. The zero-order valence-electron chi connectivity index (χ0n) is 17.9. The Balaban J connectivity index is 1.94. The van der Waals surface area contributed by atoms with Crippen molar-refractivity contribution >= 4 is 11.8 Å². The van der Waals surface area contributed by atoms with Gasteiger partial charge >= 0.3 is 0 Å². The number of carbonyl (C=O) groups excluding carboxylic acids is 2. The minimum absolute atomic E-state index is 0.0667. The molecule has 2 N–H and O–H groups in total. The van der Waals surface area contributed by atoms with Gasteiger partial charge in [0.25, 0.3) is 5.91 Å². The Hall–Kier alpha value is -2.62. The Morgan fingerprint density at radius 2 is 1.50 bits per heavy atom. The first-order chi connectivity index (χ1) is 13.1. The predicted octanol–water partition coefficient (Wildman–Crippen LogP) is 4.21. The summed E-state index contributed by atoms with van der Waals surface area (Å²) in [6.07, 6.45) is 0.814. The Labute approximate surface area is 168 Å². The second-order valence-electron chi connectivity index (χ2n) is 8.45. The molecule has 0 unspecified atom stereocenters. The van der Waals surface area contributed by atoms with Gasteiger partial charge in [-0.3, -0.25) is 9.59 Å². The van der Waals surface area contributed by atoms with Gasteiger partial charge in [-0.05, 0) is 65.6 Å². The summed E-state index contributed by atoms with van der Waals surface area (Å²) in [6, 6.07) is 11.8. The third-order valence-electron chi connectivity index (χ3n) is 4.98. The normalized spacial score (nSPS) is 11.2. The Kier molecular flexibility index (Phi) is 7.00. The van der Waals surface area contributed by atoms with Gasteiger partial charge in [-0.2, -0.15) is 0 Å². The molecule has 0 aromatic heterocycles. The number of rotatable bonds is 6. The zero-order chi connectivity index (χ0) is 20.9. The number of nitrogens with one attached hydrogen (secondary N) is 2. The van der Waals surface area contributed by atoms with Crippen molar-refractivity contribution in [1.29, 1.82) is 0 Å². The highest BCUT2D eigenvalue weighted by atomic mass is 16.2. The molecular formula is C24H32N2O2. The molecule has 0 bridgehead atoms. The van der Waals surface area contributed by atoms with Gasteiger partial charge in [0.2, 0.25) is 5.91 Å². The monoisotopic (exact) mass is 380 g/mol. The van der Waals surface area contributed by atoms with Crippen molar-refractivity contribution in [3.8, 4) is 0 Å². The lowest BCUT2D eigenvalue weighted by Crippen LogP contribution is -2.26. The van der Waals surface area contributed by atoms with E-state index < -0.39 is 0 Å². The van der Waals surface area contributed by atoms with Crippen LogP contribution in [0.25, 0.3) is 0 Å². The lowest BCUT2D eigenvalue weighted by Gasteiger charge is -2.22. The molecule has 4 nitrogen and oxygen atoms in total. The maximum absolute atomic E-state index is 12.4. The average molecular weight is 381 g/mol. The van der Waals surface area contributed by atoms with E-state index in [0.29, 0.717) is 18.7 Å². The topological polar surface area (TPSA) is 58.2 Å². The average Bonchev–Trinajstić information content (AvgIpc) is 2.61. The fourth-order valence-corrected chi connectivity index (χ4v) is 3.22. The van der Waals surface area contributed by atoms with Gasteiger partial charge in [-0.15, -0.1) is 0 Å². The van der Waals surface area contributed by atoms with Gasteiger partial charge in [0.05, 0.1) is 0 Å². The van der Waals surface area contributed by atoms with Crippen molar-refractivity contribution in [3.05, 3.63) is 69.8 Å². The summed E-state index contributed by atoms with van der Waals surface area (Å²) in [5.74, 6) is -0.143. The molecule has 0 saturated carbocycles. The van der Waals surface area contributed by atoms with Crippen LogP contribution in [-0.4, -0.2) is 18.4 Å². The Morgan fingerprint density at radius 1 is 0.929 bits per heavy atom. The number of hydrogen-bond acceptors (Lipinski definition) is 2. The maximum Gasteiger partial charge on any atom is 0.251 e. The van der Waals surface area contributed by atoms with Crippen LogP contribution in [0.4, 0.5) is 0 Å². The standard InChI is InChI=1S/C24H32N2O2/c1-16-13-21(24(4,5)6)14-17(2)22(16)11-12-25-23(28)20-9-7-19(8-10-20)15-26-18(3)27/h7-10,13-14H,11-12,15H2,1-6H3,(H,25,28)(H,26,27). The van der Waals surface area contributed by atoms with Crippen LogP contribution in [0.5, 0.6) is 0 Å². The van der Waals surface area contributed by atoms with Crippen molar-refractivity contribution in [2.45, 2.75) is 59.9 Å². The van der Waals surface area contributed by atoms with Crippen LogP contribution < -0.4 is 10.6 Å². The zero-order valence-corrected chi connectivity index (χ0v) is 17.9. The molecule has 0 atom stereocenters. The second-order valence-corrected chi connectivity index (χ2v) is 8.45. The number of amides is 2. The van der Waals surface area contributed by atoms with E-state index in [4.69, 9.17) is 0 Å². The van der Waals surface area contributed by atoms with Crippen LogP contribution in [-0.2, 0) is 23.2 Å². The number of benzene rings is 2. The fourth-order valence-electron chi connectivity index (χ4n) is 3.22. The SMILES string of the molecule is CC(=O)NCc1ccc(C(=O)NCCc2c(C)cc(C(C)(C)C)cc2C)cc1. The van der Waals surface area contributed by atoms with E-state index >= 15 is 0 Å². The van der Waals surface area contributed by atoms with Gasteiger partial charge < -0.3 is 10.6 Å². The van der Waals surface area contributed by atoms with Crippen LogP contribution in [0.3, 0.4) is 0 Å². The van der Waals surface area contributed by atoms with Crippen molar-refractivity contribution in [3.63, 3.8) is 0 Å². The number of aryl methyl sites for hydroxylation is 2. The number of carbonyl (C=O) groups is 2. The molecule has 28 heavy (non-hydrogen) atoms.